The van der Waals surface area contributed by atoms with Crippen LogP contribution in [0.3, 0.4) is 0 Å². The Hall–Kier alpha value is -4.84. The Morgan fingerprint density at radius 2 is 1.92 bits per heavy atom. The van der Waals surface area contributed by atoms with Gasteiger partial charge in [-0.15, -0.1) is 5.10 Å². The predicted octanol–water partition coefficient (Wildman–Crippen LogP) is 2.61. The fourth-order valence-electron chi connectivity index (χ4n) is 3.56. The largest absolute Gasteiger partial charge is 0.478 e. The van der Waals surface area contributed by atoms with Gasteiger partial charge < -0.3 is 15.7 Å². The smallest absolute Gasteiger partial charge is 0.335 e. The first-order valence-electron chi connectivity index (χ1n) is 11.5. The van der Waals surface area contributed by atoms with Gasteiger partial charge in [0.25, 0.3) is 0 Å². The lowest BCUT2D eigenvalue weighted by Crippen LogP contribution is -2.44. The number of amides is 2. The summed E-state index contributed by atoms with van der Waals surface area (Å²) in [6.45, 7) is 2.60. The van der Waals surface area contributed by atoms with Gasteiger partial charge >= 0.3 is 5.97 Å². The van der Waals surface area contributed by atoms with E-state index in [2.05, 4.69) is 31.3 Å². The molecule has 0 fully saturated rings. The molecule has 38 heavy (non-hydrogen) atoms. The Morgan fingerprint density at radius 1 is 1.13 bits per heavy atom. The molecule has 4 rings (SSSR count). The number of aromatic nitrogens is 6. The summed E-state index contributed by atoms with van der Waals surface area (Å²) in [5.74, 6) is -2.09. The average molecular weight is 535 g/mol. The highest BCUT2D eigenvalue weighted by molar-refractivity contribution is 6.30. The topological polar surface area (TPSA) is 157 Å². The molecule has 0 radical (unpaired) electrons. The van der Waals surface area contributed by atoms with Gasteiger partial charge in [-0.1, -0.05) is 11.6 Å². The Kier molecular flexibility index (Phi) is 8.23. The highest BCUT2D eigenvalue weighted by atomic mass is 35.5. The molecule has 0 saturated carbocycles. The number of carboxylic acid groups (broad SMARTS) is 1. The average Bonchev–Trinajstić information content (AvgIpc) is 3.60. The van der Waals surface area contributed by atoms with Crippen molar-refractivity contribution in [1.29, 1.82) is 0 Å². The molecule has 2 amide bonds. The number of tetrazole rings is 1. The van der Waals surface area contributed by atoms with Crippen molar-refractivity contribution in [2.45, 2.75) is 25.9 Å². The summed E-state index contributed by atoms with van der Waals surface area (Å²) < 4.78 is 3.15. The minimum absolute atomic E-state index is 0.0881. The molecule has 0 bridgehead atoms. The number of benzene rings is 2. The molecule has 0 spiro atoms. The summed E-state index contributed by atoms with van der Waals surface area (Å²) in [7, 11) is 0. The fourth-order valence-corrected chi connectivity index (χ4v) is 3.74. The monoisotopic (exact) mass is 534 g/mol. The van der Waals surface area contributed by atoms with Crippen LogP contribution in [-0.2, 0) is 22.6 Å². The van der Waals surface area contributed by atoms with Crippen LogP contribution in [0.25, 0.3) is 11.8 Å². The van der Waals surface area contributed by atoms with Gasteiger partial charge in [-0.05, 0) is 72.0 Å². The first-order chi connectivity index (χ1) is 18.3. The quantitative estimate of drug-likeness (QED) is 0.262. The third-order valence-electron chi connectivity index (χ3n) is 5.47. The molecule has 13 heteroatoms. The summed E-state index contributed by atoms with van der Waals surface area (Å²) >= 11 is 6.14. The Balaban J connectivity index is 1.52. The van der Waals surface area contributed by atoms with Crippen LogP contribution in [0.15, 0.2) is 67.1 Å². The van der Waals surface area contributed by atoms with Crippen LogP contribution in [0.5, 0.6) is 0 Å². The standard InChI is InChI=1S/C25H23ClN8O4/c1-2-33-12-11-20(30-33)14-21(24(36)28-19-7-3-16(4-8-19)25(37)38)29-23(35)10-5-17-13-18(26)6-9-22(17)34-15-27-31-32-34/h3-13,15,21H,2,14H2,1H3,(H,28,36)(H,29,35)(H,37,38)/t21-/m0/s1. The third-order valence-corrected chi connectivity index (χ3v) is 5.70. The molecule has 4 aromatic rings. The SMILES string of the molecule is CCn1ccc(C[C@H](NC(=O)C=Cc2cc(Cl)ccc2-n2cnnn2)C(=O)Nc2ccc(C(=O)O)cc2)n1. The van der Waals surface area contributed by atoms with Crippen LogP contribution in [0.1, 0.15) is 28.5 Å². The van der Waals surface area contributed by atoms with Crippen LogP contribution >= 0.6 is 11.6 Å². The van der Waals surface area contributed by atoms with Crippen molar-refractivity contribution in [3.05, 3.63) is 89.0 Å². The molecule has 0 aliphatic rings. The van der Waals surface area contributed by atoms with Gasteiger partial charge in [-0.2, -0.15) is 9.78 Å². The maximum Gasteiger partial charge on any atom is 0.335 e. The lowest BCUT2D eigenvalue weighted by molar-refractivity contribution is -0.123. The molecule has 0 aliphatic carbocycles. The molecule has 2 aromatic carbocycles. The van der Waals surface area contributed by atoms with E-state index in [9.17, 15) is 14.4 Å². The predicted molar refractivity (Wildman–Crippen MR) is 139 cm³/mol. The van der Waals surface area contributed by atoms with Gasteiger partial charge in [0.2, 0.25) is 11.8 Å². The zero-order chi connectivity index (χ0) is 27.1. The van der Waals surface area contributed by atoms with E-state index >= 15 is 0 Å². The number of aryl methyl sites for hydroxylation is 1. The second-order valence-electron chi connectivity index (χ2n) is 8.09. The Labute approximate surface area is 221 Å². The van der Waals surface area contributed by atoms with Crippen LogP contribution < -0.4 is 10.6 Å². The minimum atomic E-state index is -1.07. The van der Waals surface area contributed by atoms with E-state index in [0.717, 1.165) is 0 Å². The number of carboxylic acids is 1. The molecule has 0 unspecified atom stereocenters. The number of rotatable bonds is 10. The molecule has 0 aliphatic heterocycles. The molecule has 194 valence electrons. The van der Waals surface area contributed by atoms with E-state index in [1.807, 2.05) is 6.92 Å². The van der Waals surface area contributed by atoms with Crippen molar-refractivity contribution in [3.8, 4) is 5.69 Å². The van der Waals surface area contributed by atoms with E-state index in [0.29, 0.717) is 34.2 Å². The van der Waals surface area contributed by atoms with E-state index in [-0.39, 0.29) is 12.0 Å². The number of carbonyl (C=O) groups is 3. The molecule has 1 atom stereocenters. The number of hydrogen-bond donors (Lipinski definition) is 3. The van der Waals surface area contributed by atoms with Crippen molar-refractivity contribution < 1.29 is 19.5 Å². The molecule has 0 saturated heterocycles. The maximum atomic E-state index is 13.1. The molecule has 2 aromatic heterocycles. The second-order valence-corrected chi connectivity index (χ2v) is 8.53. The first-order valence-corrected chi connectivity index (χ1v) is 11.9. The van der Waals surface area contributed by atoms with E-state index in [1.54, 1.807) is 41.2 Å². The highest BCUT2D eigenvalue weighted by Gasteiger charge is 2.22. The number of hydrogen-bond acceptors (Lipinski definition) is 7. The zero-order valence-electron chi connectivity index (χ0n) is 20.2. The molecule has 12 nitrogen and oxygen atoms in total. The third kappa shape index (κ3) is 6.68. The van der Waals surface area contributed by atoms with Crippen molar-refractivity contribution in [1.82, 2.24) is 35.3 Å². The van der Waals surface area contributed by atoms with Gasteiger partial charge in [0, 0.05) is 41.5 Å². The van der Waals surface area contributed by atoms with Crippen LogP contribution in [0, 0.1) is 0 Å². The second kappa shape index (κ2) is 11.9. The number of nitrogens with zero attached hydrogens (tertiary/aromatic N) is 6. The summed E-state index contributed by atoms with van der Waals surface area (Å²) in [5.41, 5.74) is 2.28. The normalized spacial score (nSPS) is 11.8. The minimum Gasteiger partial charge on any atom is -0.478 e. The van der Waals surface area contributed by atoms with Crippen LogP contribution in [-0.4, -0.2) is 58.9 Å². The molecular weight excluding hydrogens is 512 g/mol. The van der Waals surface area contributed by atoms with Gasteiger partial charge in [0.05, 0.1) is 16.9 Å². The van der Waals surface area contributed by atoms with Crippen molar-refractivity contribution in [3.63, 3.8) is 0 Å². The van der Waals surface area contributed by atoms with Gasteiger partial charge in [-0.25, -0.2) is 4.79 Å². The van der Waals surface area contributed by atoms with Gasteiger partial charge in [-0.3, -0.25) is 14.3 Å². The van der Waals surface area contributed by atoms with Crippen molar-refractivity contribution in [2.24, 2.45) is 0 Å². The summed E-state index contributed by atoms with van der Waals surface area (Å²) in [4.78, 5) is 37.1. The molecule has 2 heterocycles. The van der Waals surface area contributed by atoms with E-state index in [4.69, 9.17) is 16.7 Å². The lowest BCUT2D eigenvalue weighted by Gasteiger charge is -2.17. The zero-order valence-corrected chi connectivity index (χ0v) is 20.9. The van der Waals surface area contributed by atoms with E-state index in [1.165, 1.54) is 41.4 Å². The number of carbonyl (C=O) groups excluding carboxylic acids is 2. The summed E-state index contributed by atoms with van der Waals surface area (Å²) in [6.07, 6.45) is 6.17. The van der Waals surface area contributed by atoms with Crippen molar-refractivity contribution >= 4 is 41.1 Å². The highest BCUT2D eigenvalue weighted by Crippen LogP contribution is 2.20. The fraction of sp³-hybridized carbons (Fsp3) is 0.160. The number of aromatic carboxylic acids is 1. The van der Waals surface area contributed by atoms with Crippen molar-refractivity contribution in [2.75, 3.05) is 5.32 Å². The Bertz CT molecular complexity index is 1470. The van der Waals surface area contributed by atoms with Crippen LogP contribution in [0.2, 0.25) is 5.02 Å². The van der Waals surface area contributed by atoms with Gasteiger partial charge in [0.15, 0.2) is 0 Å². The molecular formula is C25H23ClN8O4. The van der Waals surface area contributed by atoms with Crippen LogP contribution in [0.4, 0.5) is 5.69 Å². The first kappa shape index (κ1) is 26.2. The lowest BCUT2D eigenvalue weighted by atomic mass is 10.1. The van der Waals surface area contributed by atoms with Gasteiger partial charge in [0.1, 0.15) is 12.4 Å². The number of nitrogens with one attached hydrogen (secondary N) is 2. The number of anilines is 1. The summed E-state index contributed by atoms with van der Waals surface area (Å²) in [5, 5.41) is 30.5. The van der Waals surface area contributed by atoms with E-state index < -0.39 is 23.8 Å². The maximum absolute atomic E-state index is 13.1. The Morgan fingerprint density at radius 3 is 2.58 bits per heavy atom. The molecule has 3 N–H and O–H groups in total. The summed E-state index contributed by atoms with van der Waals surface area (Å²) in [6, 6.07) is 11.6. The number of halogens is 1.